The first kappa shape index (κ1) is 19.0. The van der Waals surface area contributed by atoms with Crippen molar-refractivity contribution in [1.82, 2.24) is 4.90 Å². The van der Waals surface area contributed by atoms with E-state index >= 15 is 0 Å². The second-order valence-electron chi connectivity index (χ2n) is 6.83. The molecular formula is C20H26N2O3. The van der Waals surface area contributed by atoms with Crippen LogP contribution in [0.5, 0.6) is 5.75 Å². The SMILES string of the molecule is CN(CC(=O)Nc1ccc(OCc2ccccc2)cc1)CC(C)(C)O. The molecule has 0 radical (unpaired) electrons. The quantitative estimate of drug-likeness (QED) is 0.774. The van der Waals surface area contributed by atoms with Gasteiger partial charge < -0.3 is 15.2 Å². The Bertz CT molecular complexity index is 664. The van der Waals surface area contributed by atoms with Crippen molar-refractivity contribution in [3.63, 3.8) is 0 Å². The van der Waals surface area contributed by atoms with Gasteiger partial charge in [-0.3, -0.25) is 9.69 Å². The van der Waals surface area contributed by atoms with Gasteiger partial charge in [0.05, 0.1) is 12.1 Å². The van der Waals surface area contributed by atoms with Crippen LogP contribution in [0.4, 0.5) is 5.69 Å². The Labute approximate surface area is 149 Å². The van der Waals surface area contributed by atoms with Gasteiger partial charge >= 0.3 is 0 Å². The van der Waals surface area contributed by atoms with Crippen LogP contribution < -0.4 is 10.1 Å². The van der Waals surface area contributed by atoms with Crippen molar-refractivity contribution < 1.29 is 14.6 Å². The molecule has 0 fully saturated rings. The van der Waals surface area contributed by atoms with Crippen molar-refractivity contribution in [2.75, 3.05) is 25.5 Å². The molecule has 0 aliphatic heterocycles. The highest BCUT2D eigenvalue weighted by Gasteiger charge is 2.17. The zero-order chi connectivity index (χ0) is 18.3. The number of aliphatic hydroxyl groups is 1. The van der Waals surface area contributed by atoms with E-state index in [9.17, 15) is 9.90 Å². The van der Waals surface area contributed by atoms with E-state index in [1.807, 2.05) is 54.6 Å². The smallest absolute Gasteiger partial charge is 0.238 e. The number of ether oxygens (including phenoxy) is 1. The van der Waals surface area contributed by atoms with Crippen LogP contribution in [0.1, 0.15) is 19.4 Å². The predicted octanol–water partition coefficient (Wildman–Crippen LogP) is 2.91. The van der Waals surface area contributed by atoms with E-state index in [4.69, 9.17) is 4.74 Å². The largest absolute Gasteiger partial charge is 0.489 e. The molecule has 0 spiro atoms. The summed E-state index contributed by atoms with van der Waals surface area (Å²) >= 11 is 0. The molecule has 5 nitrogen and oxygen atoms in total. The van der Waals surface area contributed by atoms with Gasteiger partial charge in [0.25, 0.3) is 0 Å². The van der Waals surface area contributed by atoms with E-state index in [0.29, 0.717) is 18.8 Å². The second kappa shape index (κ2) is 8.65. The van der Waals surface area contributed by atoms with Crippen LogP contribution in [0.25, 0.3) is 0 Å². The van der Waals surface area contributed by atoms with Gasteiger partial charge in [-0.1, -0.05) is 30.3 Å². The lowest BCUT2D eigenvalue weighted by Gasteiger charge is -2.24. The minimum Gasteiger partial charge on any atom is -0.489 e. The molecule has 0 aromatic heterocycles. The Morgan fingerprint density at radius 1 is 1.12 bits per heavy atom. The number of benzene rings is 2. The van der Waals surface area contributed by atoms with E-state index in [2.05, 4.69) is 5.32 Å². The number of hydrogen-bond acceptors (Lipinski definition) is 4. The molecule has 0 atom stereocenters. The molecular weight excluding hydrogens is 316 g/mol. The van der Waals surface area contributed by atoms with E-state index in [-0.39, 0.29) is 12.5 Å². The third kappa shape index (κ3) is 7.37. The summed E-state index contributed by atoms with van der Waals surface area (Å²) in [6.45, 7) is 4.59. The van der Waals surface area contributed by atoms with Crippen LogP contribution in [0, 0.1) is 0 Å². The van der Waals surface area contributed by atoms with E-state index < -0.39 is 5.60 Å². The summed E-state index contributed by atoms with van der Waals surface area (Å²) in [4.78, 5) is 13.8. The topological polar surface area (TPSA) is 61.8 Å². The maximum Gasteiger partial charge on any atom is 0.238 e. The molecule has 25 heavy (non-hydrogen) atoms. The Kier molecular flexibility index (Phi) is 6.56. The molecule has 0 unspecified atom stereocenters. The van der Waals surface area contributed by atoms with Gasteiger partial charge in [0, 0.05) is 12.2 Å². The highest BCUT2D eigenvalue weighted by atomic mass is 16.5. The molecule has 134 valence electrons. The van der Waals surface area contributed by atoms with Gasteiger partial charge in [-0.25, -0.2) is 0 Å². The fraction of sp³-hybridized carbons (Fsp3) is 0.350. The Morgan fingerprint density at radius 3 is 2.36 bits per heavy atom. The summed E-state index contributed by atoms with van der Waals surface area (Å²) < 4.78 is 5.72. The van der Waals surface area contributed by atoms with Gasteiger partial charge in [0.1, 0.15) is 12.4 Å². The zero-order valence-corrected chi connectivity index (χ0v) is 15.0. The monoisotopic (exact) mass is 342 g/mol. The minimum atomic E-state index is -0.827. The first-order valence-corrected chi connectivity index (χ1v) is 8.29. The fourth-order valence-corrected chi connectivity index (χ4v) is 2.54. The number of hydrogen-bond donors (Lipinski definition) is 2. The first-order chi connectivity index (χ1) is 11.8. The maximum atomic E-state index is 12.0. The van der Waals surface area contributed by atoms with Crippen molar-refractivity contribution in [2.24, 2.45) is 0 Å². The number of carbonyl (C=O) groups excluding carboxylic acids is 1. The molecule has 2 aromatic carbocycles. The molecule has 2 rings (SSSR count). The van der Waals surface area contributed by atoms with Gasteiger partial charge in [-0.15, -0.1) is 0 Å². The minimum absolute atomic E-state index is 0.121. The van der Waals surface area contributed by atoms with Crippen molar-refractivity contribution in [1.29, 1.82) is 0 Å². The Balaban J connectivity index is 1.80. The summed E-state index contributed by atoms with van der Waals surface area (Å²) in [6.07, 6.45) is 0. The normalized spacial score (nSPS) is 11.4. The number of amides is 1. The molecule has 0 aliphatic carbocycles. The third-order valence-corrected chi connectivity index (χ3v) is 3.46. The molecule has 0 aliphatic rings. The van der Waals surface area contributed by atoms with Crippen LogP contribution in [0.3, 0.4) is 0 Å². The van der Waals surface area contributed by atoms with Gasteiger partial charge in [-0.05, 0) is 50.7 Å². The molecule has 2 aromatic rings. The first-order valence-electron chi connectivity index (χ1n) is 8.29. The fourth-order valence-electron chi connectivity index (χ4n) is 2.54. The molecule has 0 bridgehead atoms. The van der Waals surface area contributed by atoms with Crippen LogP contribution >= 0.6 is 0 Å². The van der Waals surface area contributed by atoms with Crippen molar-refractivity contribution >= 4 is 11.6 Å². The number of nitrogens with one attached hydrogen (secondary N) is 1. The third-order valence-electron chi connectivity index (χ3n) is 3.46. The molecule has 0 saturated heterocycles. The molecule has 1 amide bonds. The maximum absolute atomic E-state index is 12.0. The van der Waals surface area contributed by atoms with E-state index in [0.717, 1.165) is 11.3 Å². The average Bonchev–Trinajstić information content (AvgIpc) is 2.53. The van der Waals surface area contributed by atoms with Gasteiger partial charge in [-0.2, -0.15) is 0 Å². The van der Waals surface area contributed by atoms with Gasteiger partial charge in [0.15, 0.2) is 0 Å². The lowest BCUT2D eigenvalue weighted by Crippen LogP contribution is -2.40. The summed E-state index contributed by atoms with van der Waals surface area (Å²) in [7, 11) is 1.80. The Morgan fingerprint density at radius 2 is 1.76 bits per heavy atom. The second-order valence-corrected chi connectivity index (χ2v) is 6.83. The number of nitrogens with zero attached hydrogens (tertiary/aromatic N) is 1. The summed E-state index contributed by atoms with van der Waals surface area (Å²) in [5.74, 6) is 0.630. The van der Waals surface area contributed by atoms with E-state index in [1.165, 1.54) is 0 Å². The number of carbonyl (C=O) groups is 1. The van der Waals surface area contributed by atoms with E-state index in [1.54, 1.807) is 25.8 Å². The van der Waals surface area contributed by atoms with Crippen LogP contribution in [0.15, 0.2) is 54.6 Å². The molecule has 0 heterocycles. The number of likely N-dealkylation sites (N-methyl/N-ethyl adjacent to an activating group) is 1. The molecule has 2 N–H and O–H groups in total. The number of rotatable bonds is 8. The predicted molar refractivity (Wildman–Crippen MR) is 99.6 cm³/mol. The average molecular weight is 342 g/mol. The lowest BCUT2D eigenvalue weighted by molar-refractivity contribution is -0.117. The van der Waals surface area contributed by atoms with Crippen molar-refractivity contribution in [3.05, 3.63) is 60.2 Å². The highest BCUT2D eigenvalue weighted by molar-refractivity contribution is 5.92. The van der Waals surface area contributed by atoms with Crippen LogP contribution in [0.2, 0.25) is 0 Å². The zero-order valence-electron chi connectivity index (χ0n) is 15.0. The summed E-state index contributed by atoms with van der Waals surface area (Å²) in [6, 6.07) is 17.2. The lowest BCUT2D eigenvalue weighted by atomic mass is 10.1. The molecule has 0 saturated carbocycles. The Hall–Kier alpha value is -2.37. The standard InChI is InChI=1S/C20H26N2O3/c1-20(2,24)15-22(3)13-19(23)21-17-9-11-18(12-10-17)25-14-16-7-5-4-6-8-16/h4-12,24H,13-15H2,1-3H3,(H,21,23). The van der Waals surface area contributed by atoms with Crippen molar-refractivity contribution in [3.8, 4) is 5.75 Å². The summed E-state index contributed by atoms with van der Waals surface area (Å²) in [5.41, 5.74) is 0.996. The molecule has 5 heteroatoms. The number of anilines is 1. The van der Waals surface area contributed by atoms with Crippen LogP contribution in [-0.2, 0) is 11.4 Å². The van der Waals surface area contributed by atoms with Crippen LogP contribution in [-0.4, -0.2) is 41.7 Å². The van der Waals surface area contributed by atoms with Gasteiger partial charge in [0.2, 0.25) is 5.91 Å². The summed E-state index contributed by atoms with van der Waals surface area (Å²) in [5, 5.41) is 12.6. The highest BCUT2D eigenvalue weighted by Crippen LogP contribution is 2.17. The van der Waals surface area contributed by atoms with Crippen molar-refractivity contribution in [2.45, 2.75) is 26.1 Å².